The summed E-state index contributed by atoms with van der Waals surface area (Å²) < 4.78 is 27.1. The number of rotatable bonds is 7. The largest absolute Gasteiger partial charge is 0.350 e. The maximum Gasteiger partial charge on any atom is 0.254 e. The monoisotopic (exact) mass is 421 g/mol. The van der Waals surface area contributed by atoms with Gasteiger partial charge in [0, 0.05) is 64.8 Å². The normalized spacial score (nSPS) is 17.4. The van der Waals surface area contributed by atoms with Crippen molar-refractivity contribution in [3.05, 3.63) is 35.7 Å². The molecule has 0 saturated carbocycles. The van der Waals surface area contributed by atoms with Gasteiger partial charge in [0.1, 0.15) is 5.82 Å². The number of carbonyl (C=O) groups excluding carboxylic acids is 1. The van der Waals surface area contributed by atoms with Gasteiger partial charge >= 0.3 is 0 Å². The highest BCUT2D eigenvalue weighted by atomic mass is 32.2. The fourth-order valence-corrected chi connectivity index (χ4v) is 4.25. The summed E-state index contributed by atoms with van der Waals surface area (Å²) in [7, 11) is 0.370. The van der Waals surface area contributed by atoms with E-state index in [9.17, 15) is 13.2 Å². The smallest absolute Gasteiger partial charge is 0.254 e. The number of anilines is 1. The van der Waals surface area contributed by atoms with Crippen LogP contribution in [0.2, 0.25) is 0 Å². The zero-order valence-corrected chi connectivity index (χ0v) is 18.0. The summed E-state index contributed by atoms with van der Waals surface area (Å²) in [4.78, 5) is 27.6. The lowest BCUT2D eigenvalue weighted by molar-refractivity contribution is 0.0950. The third-order valence-corrected chi connectivity index (χ3v) is 6.29. The summed E-state index contributed by atoms with van der Waals surface area (Å²) in [5.74, 6) is 0.956. The van der Waals surface area contributed by atoms with E-state index in [2.05, 4.69) is 20.3 Å². The van der Waals surface area contributed by atoms with Gasteiger partial charge in [-0.25, -0.2) is 27.7 Å². The van der Waals surface area contributed by atoms with Crippen molar-refractivity contribution in [2.24, 2.45) is 0 Å². The van der Waals surface area contributed by atoms with E-state index in [0.29, 0.717) is 49.8 Å². The lowest BCUT2D eigenvalue weighted by atomic mass is 10.00. The summed E-state index contributed by atoms with van der Waals surface area (Å²) in [6.07, 6.45) is 6.92. The summed E-state index contributed by atoms with van der Waals surface area (Å²) in [6.45, 7) is 3.68. The number of nitrogens with zero attached hydrogens (tertiary/aromatic N) is 6. The fourth-order valence-electron chi connectivity index (χ4n) is 3.36. The zero-order chi connectivity index (χ0) is 21.2. The molecule has 29 heavy (non-hydrogen) atoms. The van der Waals surface area contributed by atoms with Crippen molar-refractivity contribution in [1.82, 2.24) is 29.1 Å². The Hall–Kier alpha value is -2.53. The Morgan fingerprint density at radius 1 is 1.34 bits per heavy atom. The van der Waals surface area contributed by atoms with Crippen LogP contribution in [-0.2, 0) is 16.6 Å². The molecule has 1 N–H and O–H groups in total. The Kier molecular flexibility index (Phi) is 6.18. The van der Waals surface area contributed by atoms with Gasteiger partial charge in [-0.2, -0.15) is 0 Å². The zero-order valence-electron chi connectivity index (χ0n) is 17.2. The van der Waals surface area contributed by atoms with Gasteiger partial charge in [-0.3, -0.25) is 4.79 Å². The Bertz CT molecular complexity index is 987. The molecule has 158 valence electrons. The highest BCUT2D eigenvalue weighted by Crippen LogP contribution is 2.30. The van der Waals surface area contributed by atoms with E-state index >= 15 is 0 Å². The molecule has 1 unspecified atom stereocenters. The number of hydrogen-bond donors (Lipinski definition) is 1. The van der Waals surface area contributed by atoms with Crippen LogP contribution < -0.4 is 10.2 Å². The molecule has 3 rings (SSSR count). The van der Waals surface area contributed by atoms with Crippen molar-refractivity contribution in [2.45, 2.75) is 25.8 Å². The summed E-state index contributed by atoms with van der Waals surface area (Å²) in [5, 5.41) is 2.91. The van der Waals surface area contributed by atoms with E-state index in [1.54, 1.807) is 11.1 Å². The summed E-state index contributed by atoms with van der Waals surface area (Å²) >= 11 is 0. The first-order chi connectivity index (χ1) is 13.7. The van der Waals surface area contributed by atoms with Crippen LogP contribution in [0.4, 0.5) is 5.95 Å². The molecule has 0 bridgehead atoms. The molecule has 10 nitrogen and oxygen atoms in total. The van der Waals surface area contributed by atoms with Crippen molar-refractivity contribution in [3.63, 3.8) is 0 Å². The second kappa shape index (κ2) is 8.46. The Labute approximate surface area is 171 Å². The van der Waals surface area contributed by atoms with Gasteiger partial charge in [0.25, 0.3) is 5.91 Å². The Balaban J connectivity index is 1.78. The number of aryl methyl sites for hydroxylation is 1. The van der Waals surface area contributed by atoms with Crippen LogP contribution in [0.25, 0.3) is 0 Å². The molecule has 1 aliphatic rings. The van der Waals surface area contributed by atoms with Crippen molar-refractivity contribution in [1.29, 1.82) is 0 Å². The van der Waals surface area contributed by atoms with E-state index in [1.165, 1.54) is 16.8 Å². The van der Waals surface area contributed by atoms with Gasteiger partial charge < -0.3 is 14.8 Å². The van der Waals surface area contributed by atoms with Gasteiger partial charge in [-0.05, 0) is 13.3 Å². The number of aromatic nitrogens is 4. The molecule has 1 saturated heterocycles. The fraction of sp³-hybridized carbons (Fsp3) is 0.556. The van der Waals surface area contributed by atoms with E-state index < -0.39 is 10.0 Å². The standard InChI is InChI=1S/C18H27N7O3S/c1-13-19-6-9-24(13)10-7-20-17(26)15-11-21-18(23(2)3)22-16(15)14-5-8-25(12-14)29(4,27)28/h6,9,11,14H,5,7-8,10,12H2,1-4H3,(H,20,26). The van der Waals surface area contributed by atoms with E-state index in [4.69, 9.17) is 0 Å². The second-order valence-corrected chi connectivity index (χ2v) is 9.38. The number of imidazole rings is 1. The minimum atomic E-state index is -3.28. The molecule has 2 aromatic rings. The van der Waals surface area contributed by atoms with Crippen LogP contribution in [-0.4, -0.2) is 78.1 Å². The number of amides is 1. The number of nitrogens with one attached hydrogen (secondary N) is 1. The van der Waals surface area contributed by atoms with Crippen molar-refractivity contribution >= 4 is 21.9 Å². The molecule has 1 fully saturated rings. The van der Waals surface area contributed by atoms with Crippen molar-refractivity contribution < 1.29 is 13.2 Å². The average molecular weight is 422 g/mol. The molecular weight excluding hydrogens is 394 g/mol. The molecule has 0 aromatic carbocycles. The maximum absolute atomic E-state index is 12.8. The predicted octanol–water partition coefficient (Wildman–Crippen LogP) is 0.226. The Morgan fingerprint density at radius 2 is 2.10 bits per heavy atom. The summed E-state index contributed by atoms with van der Waals surface area (Å²) in [5.41, 5.74) is 0.976. The minimum absolute atomic E-state index is 0.150. The maximum atomic E-state index is 12.8. The first kappa shape index (κ1) is 21.2. The molecule has 3 heterocycles. The van der Waals surface area contributed by atoms with Gasteiger partial charge in [0.2, 0.25) is 16.0 Å². The van der Waals surface area contributed by atoms with Gasteiger partial charge in [-0.15, -0.1) is 0 Å². The molecule has 0 spiro atoms. The molecule has 1 atom stereocenters. The quantitative estimate of drug-likeness (QED) is 0.681. The molecule has 1 aliphatic heterocycles. The highest BCUT2D eigenvalue weighted by molar-refractivity contribution is 7.88. The lowest BCUT2D eigenvalue weighted by Gasteiger charge is -2.18. The first-order valence-electron chi connectivity index (χ1n) is 9.42. The van der Waals surface area contributed by atoms with Crippen LogP contribution in [0, 0.1) is 6.92 Å². The molecule has 11 heteroatoms. The van der Waals surface area contributed by atoms with E-state index in [1.807, 2.05) is 31.8 Å². The number of sulfonamides is 1. The Morgan fingerprint density at radius 3 is 2.69 bits per heavy atom. The third kappa shape index (κ3) is 4.91. The lowest BCUT2D eigenvalue weighted by Crippen LogP contribution is -2.30. The molecule has 0 radical (unpaired) electrons. The summed E-state index contributed by atoms with van der Waals surface area (Å²) in [6, 6.07) is 0. The van der Waals surface area contributed by atoms with Crippen molar-refractivity contribution in [3.8, 4) is 0 Å². The number of carbonyl (C=O) groups is 1. The van der Waals surface area contributed by atoms with Crippen LogP contribution in [0.5, 0.6) is 0 Å². The third-order valence-electron chi connectivity index (χ3n) is 5.02. The van der Waals surface area contributed by atoms with E-state index in [-0.39, 0.29) is 11.8 Å². The molecule has 1 amide bonds. The molecule has 0 aliphatic carbocycles. The van der Waals surface area contributed by atoms with Gasteiger partial charge in [-0.1, -0.05) is 0 Å². The molecule has 2 aromatic heterocycles. The average Bonchev–Trinajstić information content (AvgIpc) is 3.30. The van der Waals surface area contributed by atoms with Gasteiger partial charge in [0.05, 0.1) is 17.5 Å². The van der Waals surface area contributed by atoms with Crippen LogP contribution in [0.3, 0.4) is 0 Å². The SMILES string of the molecule is Cc1nccn1CCNC(=O)c1cnc(N(C)C)nc1C1CCN(S(C)(=O)=O)C1. The number of hydrogen-bond acceptors (Lipinski definition) is 7. The van der Waals surface area contributed by atoms with Crippen molar-refractivity contribution in [2.75, 3.05) is 44.9 Å². The van der Waals surface area contributed by atoms with E-state index in [0.717, 1.165) is 5.82 Å². The van der Waals surface area contributed by atoms with Crippen LogP contribution in [0.15, 0.2) is 18.6 Å². The van der Waals surface area contributed by atoms with Crippen LogP contribution >= 0.6 is 0 Å². The van der Waals surface area contributed by atoms with Crippen LogP contribution in [0.1, 0.15) is 34.2 Å². The highest BCUT2D eigenvalue weighted by Gasteiger charge is 2.33. The minimum Gasteiger partial charge on any atom is -0.350 e. The molecular formula is C18H27N7O3S. The second-order valence-electron chi connectivity index (χ2n) is 7.39. The predicted molar refractivity (Wildman–Crippen MR) is 109 cm³/mol. The first-order valence-corrected chi connectivity index (χ1v) is 11.3. The topological polar surface area (TPSA) is 113 Å². The van der Waals surface area contributed by atoms with Gasteiger partial charge in [0.15, 0.2) is 0 Å².